The number of carboxylic acid groups (broad SMARTS) is 1. The van der Waals surface area contributed by atoms with E-state index in [0.717, 1.165) is 11.3 Å². The number of hydrogen-bond donors (Lipinski definition) is 4. The number of aromatic nitrogens is 1. The number of hydrogen-bond acceptors (Lipinski definition) is 10. The third kappa shape index (κ3) is 6.37. The average Bonchev–Trinajstić information content (AvgIpc) is 2.97. The Balaban J connectivity index is -0.00000210. The summed E-state index contributed by atoms with van der Waals surface area (Å²) in [6, 6.07) is -2.31. The van der Waals surface area contributed by atoms with Gasteiger partial charge in [-0.3, -0.25) is 14.1 Å². The van der Waals surface area contributed by atoms with Gasteiger partial charge in [-0.1, -0.05) is 5.16 Å². The summed E-state index contributed by atoms with van der Waals surface area (Å²) in [6.07, 6.45) is 0. The number of nitrogen functional groups attached to an aromatic ring is 1. The maximum Gasteiger partial charge on any atom is 1.00 e. The molecule has 0 spiro atoms. The van der Waals surface area contributed by atoms with E-state index in [0.29, 0.717) is 0 Å². The molecule has 0 unspecified atom stereocenters. The molecule has 0 saturated carbocycles. The number of oxime groups is 1. The number of nitrogens with one attached hydrogen (secondary N) is 1. The van der Waals surface area contributed by atoms with Crippen molar-refractivity contribution in [3.05, 3.63) is 11.1 Å². The van der Waals surface area contributed by atoms with Crippen LogP contribution in [-0.2, 0) is 29.5 Å². The third-order valence-corrected chi connectivity index (χ3v) is 5.41. The number of nitrogens with zero attached hydrogens (tertiary/aromatic N) is 3. The van der Waals surface area contributed by atoms with Crippen LogP contribution in [0.5, 0.6) is 0 Å². The number of carboxylic acids is 1. The molecular formula is C13H19N5Na2O8S2. The quantitative estimate of drug-likeness (QED) is 0.0949. The summed E-state index contributed by atoms with van der Waals surface area (Å²) in [7, 11) is -4.76. The fourth-order valence-electron chi connectivity index (χ4n) is 2.11. The van der Waals surface area contributed by atoms with Gasteiger partial charge in [0.15, 0.2) is 10.8 Å². The van der Waals surface area contributed by atoms with Gasteiger partial charge in [-0.15, -0.1) is 11.3 Å². The Bertz CT molecular complexity index is 975. The molecule has 0 radical (unpaired) electrons. The van der Waals surface area contributed by atoms with Crippen molar-refractivity contribution < 1.29 is 99.3 Å². The molecule has 2 amide bonds. The van der Waals surface area contributed by atoms with Crippen molar-refractivity contribution in [3.8, 4) is 0 Å². The van der Waals surface area contributed by atoms with E-state index in [9.17, 15) is 22.8 Å². The van der Waals surface area contributed by atoms with Crippen molar-refractivity contribution in [1.29, 1.82) is 0 Å². The number of nitrogens with two attached hydrogens (primary N) is 1. The second-order valence-electron chi connectivity index (χ2n) is 6.22. The zero-order chi connectivity index (χ0) is 21.4. The van der Waals surface area contributed by atoms with Gasteiger partial charge in [0.25, 0.3) is 11.8 Å². The Hall–Kier alpha value is -0.780. The monoisotopic (exact) mass is 483 g/mol. The fraction of sp³-hybridized carbons (Fsp3) is 0.462. The number of thiazole rings is 1. The van der Waals surface area contributed by atoms with Crippen LogP contribution in [0, 0.1) is 0 Å². The molecule has 1 aromatic rings. The van der Waals surface area contributed by atoms with Crippen LogP contribution in [-0.4, -0.2) is 68.5 Å². The molecule has 1 aliphatic rings. The van der Waals surface area contributed by atoms with Crippen molar-refractivity contribution in [2.45, 2.75) is 38.5 Å². The summed E-state index contributed by atoms with van der Waals surface area (Å²) >= 11 is 0.980. The standard InChI is InChI=1S/C13H17N5O8S2.2Na.2H/c1-5-7(10(20)18(5)28(23,24)25)16-9(19)8(6-4-27-12(14)15-6)17-26-13(2,3)11(21)22;;;;/h4-5,7H,1-3H3,(H2,14,15)(H,16,19)(H,21,22)(H,23,24,25);;;;/q;2*+1;2*-1/b17-8-;;;;/t5-,7-;;;;/m0..../s1. The van der Waals surface area contributed by atoms with Crippen LogP contribution in [0.15, 0.2) is 10.5 Å². The summed E-state index contributed by atoms with van der Waals surface area (Å²) in [5.74, 6) is -3.38. The van der Waals surface area contributed by atoms with Gasteiger partial charge in [0.05, 0.1) is 6.04 Å². The normalized spacial score (nSPS) is 19.1. The molecule has 13 nitrogen and oxygen atoms in total. The van der Waals surface area contributed by atoms with Crippen molar-refractivity contribution >= 4 is 50.3 Å². The molecule has 0 bridgehead atoms. The first-order valence-electron chi connectivity index (χ1n) is 7.58. The predicted molar refractivity (Wildman–Crippen MR) is 97.9 cm³/mol. The molecule has 1 saturated heterocycles. The molecule has 0 aromatic carbocycles. The summed E-state index contributed by atoms with van der Waals surface area (Å²) in [5.41, 5.74) is 3.26. The van der Waals surface area contributed by atoms with E-state index in [4.69, 9.17) is 20.2 Å². The Morgan fingerprint density at radius 3 is 2.40 bits per heavy atom. The van der Waals surface area contributed by atoms with Gasteiger partial charge >= 0.3 is 75.4 Å². The molecule has 5 N–H and O–H groups in total. The smallest absolute Gasteiger partial charge is 1.00 e. The van der Waals surface area contributed by atoms with Crippen molar-refractivity contribution in [2.75, 3.05) is 5.73 Å². The maximum atomic E-state index is 12.6. The minimum atomic E-state index is -4.76. The van der Waals surface area contributed by atoms with Gasteiger partial charge in [-0.25, -0.2) is 14.1 Å². The number of anilines is 1. The zero-order valence-corrected chi connectivity index (χ0v) is 22.4. The van der Waals surface area contributed by atoms with E-state index in [2.05, 4.69) is 15.5 Å². The maximum absolute atomic E-state index is 12.6. The molecule has 2 rings (SSSR count). The SMILES string of the molecule is C[C@H]1[C@H](NC(=O)/C(=N\OC(C)(C)C(=O)O)c2csc(N)n2)C(=O)N1S(=O)(=O)O.[H-].[H-].[Na+].[Na+]. The summed E-state index contributed by atoms with van der Waals surface area (Å²) < 4.78 is 31.4. The van der Waals surface area contributed by atoms with Crippen LogP contribution in [0.1, 0.15) is 29.3 Å². The third-order valence-electron chi connectivity index (χ3n) is 3.73. The van der Waals surface area contributed by atoms with Gasteiger partial charge < -0.3 is 23.8 Å². The van der Waals surface area contributed by atoms with Gasteiger partial charge in [0, 0.05) is 5.38 Å². The Morgan fingerprint density at radius 2 is 2.00 bits per heavy atom. The number of carbonyl (C=O) groups is 3. The number of rotatable bonds is 7. The van der Waals surface area contributed by atoms with Gasteiger partial charge in [0.1, 0.15) is 11.7 Å². The van der Waals surface area contributed by atoms with Gasteiger partial charge in [-0.2, -0.15) is 8.42 Å². The molecule has 2 heterocycles. The van der Waals surface area contributed by atoms with Crippen molar-refractivity contribution in [3.63, 3.8) is 0 Å². The van der Waals surface area contributed by atoms with Crippen LogP contribution in [0.2, 0.25) is 0 Å². The Morgan fingerprint density at radius 1 is 1.43 bits per heavy atom. The first kappa shape index (κ1) is 29.2. The van der Waals surface area contributed by atoms with Crippen molar-refractivity contribution in [1.82, 2.24) is 14.6 Å². The molecule has 0 aliphatic carbocycles. The summed E-state index contributed by atoms with van der Waals surface area (Å²) in [5, 5.41) is 16.3. The van der Waals surface area contributed by atoms with Gasteiger partial charge in [-0.05, 0) is 20.8 Å². The minimum absolute atomic E-state index is 0. The van der Waals surface area contributed by atoms with E-state index >= 15 is 0 Å². The fourth-order valence-corrected chi connectivity index (χ4v) is 3.54. The van der Waals surface area contributed by atoms with Crippen molar-refractivity contribution in [2.24, 2.45) is 5.16 Å². The molecule has 17 heteroatoms. The molecule has 158 valence electrons. The minimum Gasteiger partial charge on any atom is -1.00 e. The molecule has 1 aromatic heterocycles. The van der Waals surface area contributed by atoms with E-state index in [1.807, 2.05) is 0 Å². The van der Waals surface area contributed by atoms with Crippen LogP contribution in [0.25, 0.3) is 0 Å². The summed E-state index contributed by atoms with van der Waals surface area (Å²) in [6.45, 7) is 3.69. The number of β-lactam (4-membered cyclic amide) rings is 1. The van der Waals surface area contributed by atoms with Crippen LogP contribution < -0.4 is 70.2 Å². The predicted octanol–water partition coefficient (Wildman–Crippen LogP) is -6.94. The number of amides is 2. The molecular weight excluding hydrogens is 464 g/mol. The first-order valence-corrected chi connectivity index (χ1v) is 9.86. The van der Waals surface area contributed by atoms with E-state index in [1.165, 1.54) is 26.2 Å². The van der Waals surface area contributed by atoms with E-state index in [1.54, 1.807) is 0 Å². The average molecular weight is 483 g/mol. The molecule has 1 fully saturated rings. The largest absolute Gasteiger partial charge is 1.00 e. The Kier molecular flexibility index (Phi) is 10.4. The van der Waals surface area contributed by atoms with E-state index < -0.39 is 51.5 Å². The zero-order valence-electron chi connectivity index (χ0n) is 18.8. The van der Waals surface area contributed by atoms with Gasteiger partial charge in [0.2, 0.25) is 5.60 Å². The number of aliphatic carboxylic acids is 1. The molecule has 1 aliphatic heterocycles. The van der Waals surface area contributed by atoms with E-state index in [-0.39, 0.29) is 77.1 Å². The van der Waals surface area contributed by atoms with Crippen LogP contribution >= 0.6 is 11.3 Å². The molecule has 30 heavy (non-hydrogen) atoms. The number of carbonyl (C=O) groups excluding carboxylic acids is 2. The second kappa shape index (κ2) is 10.7. The Labute approximate surface area is 222 Å². The second-order valence-corrected chi connectivity index (χ2v) is 8.40. The molecule has 2 atom stereocenters. The van der Waals surface area contributed by atoms with Crippen LogP contribution in [0.3, 0.4) is 0 Å². The topological polar surface area (TPSA) is 202 Å². The first-order chi connectivity index (χ1) is 12.8. The summed E-state index contributed by atoms with van der Waals surface area (Å²) in [4.78, 5) is 44.4. The van der Waals surface area contributed by atoms with Crippen LogP contribution in [0.4, 0.5) is 5.13 Å².